The Morgan fingerprint density at radius 1 is 0.521 bits per heavy atom. The largest absolute Gasteiger partial charge is 0.463 e. The fraction of sp³-hybridized carbons (Fsp3) is 0.868. The summed E-state index contributed by atoms with van der Waals surface area (Å²) >= 11 is 0. The zero-order valence-corrected chi connectivity index (χ0v) is 44.3. The molecule has 8 rings (SSSR count). The van der Waals surface area contributed by atoms with Crippen LogP contribution in [0.15, 0.2) is 0 Å². The minimum Gasteiger partial charge on any atom is -0.463 e. The summed E-state index contributed by atoms with van der Waals surface area (Å²) in [5, 5.41) is 0. The number of carbonyl (C=O) groups is 7. The lowest BCUT2D eigenvalue weighted by Gasteiger charge is -2.61. The fourth-order valence-corrected chi connectivity index (χ4v) is 15.1. The van der Waals surface area contributed by atoms with Gasteiger partial charge in [-0.3, -0.25) is 33.6 Å². The van der Waals surface area contributed by atoms with E-state index in [0.717, 1.165) is 92.6 Å². The maximum Gasteiger partial charge on any atom is 0.303 e. The highest BCUT2D eigenvalue weighted by Crippen LogP contribution is 2.71. The first-order valence-electron chi connectivity index (χ1n) is 26.5. The smallest absolute Gasteiger partial charge is 0.303 e. The van der Waals surface area contributed by atoms with Crippen LogP contribution in [0.3, 0.4) is 0 Å². The Kier molecular flexibility index (Phi) is 16.6. The molecule has 0 bridgehead atoms. The Morgan fingerprint density at radius 3 is 1.59 bits per heavy atom. The average molecular weight is 1040 g/mol. The molecule has 4 aliphatic heterocycles. The van der Waals surface area contributed by atoms with E-state index in [1.807, 2.05) is 0 Å². The minimum absolute atomic E-state index is 0.0577. The molecule has 3 unspecified atom stereocenters. The van der Waals surface area contributed by atoms with Crippen LogP contribution in [-0.4, -0.2) is 141 Å². The van der Waals surface area contributed by atoms with E-state index in [1.54, 1.807) is 0 Å². The quantitative estimate of drug-likeness (QED) is 0.127. The summed E-state index contributed by atoms with van der Waals surface area (Å²) in [6.45, 7) is 17.2. The van der Waals surface area contributed by atoms with Crippen molar-refractivity contribution >= 4 is 41.8 Å². The Hall–Kier alpha value is -3.95. The van der Waals surface area contributed by atoms with Crippen LogP contribution >= 0.6 is 0 Å². The van der Waals surface area contributed by atoms with Crippen molar-refractivity contribution in [1.29, 1.82) is 0 Å². The van der Waals surface area contributed by atoms with Crippen molar-refractivity contribution < 1.29 is 95.1 Å². The molecular formula is C53H78O20. The Balaban J connectivity index is 1.03. The first kappa shape index (κ1) is 55.3. The highest BCUT2D eigenvalue weighted by Gasteiger charge is 2.69. The van der Waals surface area contributed by atoms with Crippen LogP contribution in [0.4, 0.5) is 0 Å². The predicted molar refractivity (Wildman–Crippen MR) is 250 cm³/mol. The summed E-state index contributed by atoms with van der Waals surface area (Å²) in [6, 6.07) is 0. The number of esters is 7. The van der Waals surface area contributed by atoms with Crippen LogP contribution < -0.4 is 0 Å². The third kappa shape index (κ3) is 11.3. The minimum atomic E-state index is -1.78. The van der Waals surface area contributed by atoms with Gasteiger partial charge in [0.1, 0.15) is 31.5 Å². The van der Waals surface area contributed by atoms with E-state index in [0.29, 0.717) is 54.3 Å². The Labute approximate surface area is 427 Å². The highest BCUT2D eigenvalue weighted by atomic mass is 16.8. The van der Waals surface area contributed by atoms with Crippen molar-refractivity contribution in [3.05, 3.63) is 0 Å². The number of hydrogen-bond donors (Lipinski definition) is 0. The topological polar surface area (TPSA) is 239 Å². The fourth-order valence-electron chi connectivity index (χ4n) is 15.1. The van der Waals surface area contributed by atoms with Crippen LogP contribution in [0, 0.1) is 52.3 Å². The molecule has 20 heteroatoms. The average Bonchev–Trinajstić information content (AvgIpc) is 3.75. The molecule has 22 atom stereocenters. The van der Waals surface area contributed by atoms with E-state index >= 15 is 0 Å². The molecule has 20 nitrogen and oxygen atoms in total. The van der Waals surface area contributed by atoms with Gasteiger partial charge in [-0.2, -0.15) is 0 Å². The predicted octanol–water partition coefficient (Wildman–Crippen LogP) is 5.44. The van der Waals surface area contributed by atoms with Gasteiger partial charge in [0.05, 0.1) is 18.8 Å². The standard InChI is InChI=1S/C53H78O20/c1-25-14-19-53(63-22-25)26(2)42-39(73-53)21-38-36-13-12-34-20-35(15-17-51(34,10)37(36)16-18-52(38,42)11)69-49-47(67-32(8)59)46(66-31(7)58)44(41(70-49)24-62-28(4)55)72-50-48(68-33(9)60)45(65-30(6)57)43(64-29(5)56)40(71-50)23-61-27(3)54/h25-26,34-50H,12-24H2,1-11H3/t25-,26+,34+,35+,36?,37+,38+,39?,40-,41-,42?,43-,44-,45+,46+,47-,48-,49+,50+,51+,52+,53-/m1/s1. The zero-order chi connectivity index (χ0) is 52.9. The lowest BCUT2D eigenvalue weighted by Crippen LogP contribution is -2.67. The molecule has 410 valence electrons. The summed E-state index contributed by atoms with van der Waals surface area (Å²) in [7, 11) is 0. The SMILES string of the molecule is CC(=O)OC[C@H]1O[C@@H](O[C@H]2[C@H](OC(C)=O)[C@@H](OC(C)=O)[C@@H](O[C@H]3CC[C@@]4(C)[C@@H](CCC5[C@@H]4CC[C@]4(C)C6C(C[C@@H]54)O[C@]4(CC[C@@H](C)CO4)[C@H]6C)C3)O[C@@H]2COC(C)=O)[C@H](OC(C)=O)[C@@H](OC(C)=O)[C@@H]1OC(C)=O. The number of hydrogen-bond acceptors (Lipinski definition) is 20. The lowest BCUT2D eigenvalue weighted by molar-refractivity contribution is -0.365. The normalized spacial score (nSPS) is 44.7. The molecule has 4 saturated carbocycles. The summed E-state index contributed by atoms with van der Waals surface area (Å²) < 4.78 is 79.2. The molecular weight excluding hydrogens is 957 g/mol. The molecule has 0 aromatic carbocycles. The molecule has 73 heavy (non-hydrogen) atoms. The number of ether oxygens (including phenoxy) is 13. The molecule has 0 aromatic heterocycles. The highest BCUT2D eigenvalue weighted by molar-refractivity contribution is 5.69. The first-order chi connectivity index (χ1) is 34.4. The summed E-state index contributed by atoms with van der Waals surface area (Å²) in [4.78, 5) is 88.3. The second-order valence-corrected chi connectivity index (χ2v) is 22.9. The van der Waals surface area contributed by atoms with Crippen LogP contribution in [0.1, 0.15) is 140 Å². The van der Waals surface area contributed by atoms with Gasteiger partial charge in [-0.15, -0.1) is 0 Å². The van der Waals surface area contributed by atoms with Gasteiger partial charge in [0.2, 0.25) is 0 Å². The van der Waals surface area contributed by atoms with Crippen molar-refractivity contribution in [2.75, 3.05) is 19.8 Å². The van der Waals surface area contributed by atoms with Gasteiger partial charge in [-0.1, -0.05) is 27.7 Å². The van der Waals surface area contributed by atoms with Crippen LogP contribution in [0.25, 0.3) is 0 Å². The lowest BCUT2D eigenvalue weighted by atomic mass is 9.44. The second-order valence-electron chi connectivity index (χ2n) is 22.9. The van der Waals surface area contributed by atoms with Crippen molar-refractivity contribution in [1.82, 2.24) is 0 Å². The summed E-state index contributed by atoms with van der Waals surface area (Å²) in [5.74, 6) is -2.67. The monoisotopic (exact) mass is 1030 g/mol. The van der Waals surface area contributed by atoms with E-state index in [2.05, 4.69) is 27.7 Å². The van der Waals surface area contributed by atoms with E-state index in [-0.39, 0.29) is 23.0 Å². The van der Waals surface area contributed by atoms with E-state index in [1.165, 1.54) is 13.8 Å². The molecule has 4 heterocycles. The third-order valence-electron chi connectivity index (χ3n) is 18.1. The van der Waals surface area contributed by atoms with Crippen LogP contribution in [0.2, 0.25) is 0 Å². The Morgan fingerprint density at radius 2 is 1.04 bits per heavy atom. The molecule has 8 fully saturated rings. The van der Waals surface area contributed by atoms with Gasteiger partial charge in [0.15, 0.2) is 48.9 Å². The van der Waals surface area contributed by atoms with Gasteiger partial charge in [-0.25, -0.2) is 0 Å². The molecule has 1 spiro atoms. The summed E-state index contributed by atoms with van der Waals surface area (Å²) in [6.07, 6.45) is -5.52. The maximum atomic E-state index is 13.1. The molecule has 8 aliphatic rings. The molecule has 4 aliphatic carbocycles. The van der Waals surface area contributed by atoms with E-state index < -0.39 is 122 Å². The van der Waals surface area contributed by atoms with Crippen molar-refractivity contribution in [3.63, 3.8) is 0 Å². The molecule has 0 N–H and O–H groups in total. The van der Waals surface area contributed by atoms with Gasteiger partial charge in [0.25, 0.3) is 0 Å². The number of rotatable bonds is 13. The molecule has 0 aromatic rings. The molecule has 4 saturated heterocycles. The van der Waals surface area contributed by atoms with E-state index in [4.69, 9.17) is 61.6 Å². The van der Waals surface area contributed by atoms with Gasteiger partial charge in [-0.05, 0) is 104 Å². The van der Waals surface area contributed by atoms with Gasteiger partial charge >= 0.3 is 41.8 Å². The number of carbonyl (C=O) groups excluding carboxylic acids is 7. The number of fused-ring (bicyclic) bond motifs is 7. The van der Waals surface area contributed by atoms with E-state index in [9.17, 15) is 33.6 Å². The summed E-state index contributed by atoms with van der Waals surface area (Å²) in [5.41, 5.74) is 0.242. The van der Waals surface area contributed by atoms with Crippen LogP contribution in [-0.2, 0) is 95.1 Å². The van der Waals surface area contributed by atoms with Gasteiger partial charge in [0, 0.05) is 60.8 Å². The molecule has 0 amide bonds. The maximum absolute atomic E-state index is 13.1. The second kappa shape index (κ2) is 22.0. The third-order valence-corrected chi connectivity index (χ3v) is 18.1. The Bertz CT molecular complexity index is 2070. The van der Waals surface area contributed by atoms with Crippen LogP contribution in [0.5, 0.6) is 0 Å². The van der Waals surface area contributed by atoms with Gasteiger partial charge < -0.3 is 61.6 Å². The van der Waals surface area contributed by atoms with Crippen molar-refractivity contribution in [2.45, 2.75) is 220 Å². The zero-order valence-electron chi connectivity index (χ0n) is 44.3. The van der Waals surface area contributed by atoms with Crippen molar-refractivity contribution in [3.8, 4) is 0 Å². The molecule has 0 radical (unpaired) electrons. The first-order valence-corrected chi connectivity index (χ1v) is 26.5. The van der Waals surface area contributed by atoms with Crippen molar-refractivity contribution in [2.24, 2.45) is 52.3 Å².